The summed E-state index contributed by atoms with van der Waals surface area (Å²) in [6.45, 7) is 4.29. The quantitative estimate of drug-likeness (QED) is 0.721. The Hall–Kier alpha value is -1.79. The van der Waals surface area contributed by atoms with Gasteiger partial charge < -0.3 is 20.9 Å². The molecule has 1 unspecified atom stereocenters. The Morgan fingerprint density at radius 1 is 1.24 bits per heavy atom. The maximum absolute atomic E-state index is 12.4. The molecule has 1 aromatic rings. The second-order valence-corrected chi connectivity index (χ2v) is 6.22. The molecule has 1 heterocycles. The predicted octanol–water partition coefficient (Wildman–Crippen LogP) is 2.39. The van der Waals surface area contributed by atoms with Crippen molar-refractivity contribution in [1.29, 1.82) is 0 Å². The molecule has 3 amide bonds. The number of benzene rings is 1. The molecule has 1 aliphatic rings. The van der Waals surface area contributed by atoms with Crippen molar-refractivity contribution < 1.29 is 9.59 Å². The van der Waals surface area contributed by atoms with Crippen molar-refractivity contribution in [3.63, 3.8) is 0 Å². The SMILES string of the molecule is CCCNC(=O)Nc1ccc(CC(=O)N2CCCC(NC)C2)cc1.Cl. The minimum atomic E-state index is -0.202. The molecule has 0 aromatic heterocycles. The minimum absolute atomic E-state index is 0. The summed E-state index contributed by atoms with van der Waals surface area (Å²) in [5.41, 5.74) is 1.69. The summed E-state index contributed by atoms with van der Waals surface area (Å²) in [5.74, 6) is 0.163. The van der Waals surface area contributed by atoms with Crippen molar-refractivity contribution in [3.8, 4) is 0 Å². The third kappa shape index (κ3) is 6.92. The van der Waals surface area contributed by atoms with Crippen LogP contribution in [0.5, 0.6) is 0 Å². The van der Waals surface area contributed by atoms with E-state index in [9.17, 15) is 9.59 Å². The lowest BCUT2D eigenvalue weighted by atomic mass is 10.0. The van der Waals surface area contributed by atoms with Gasteiger partial charge in [0.15, 0.2) is 0 Å². The first-order chi connectivity index (χ1) is 11.6. The van der Waals surface area contributed by atoms with Crippen LogP contribution in [0.1, 0.15) is 31.7 Å². The van der Waals surface area contributed by atoms with Crippen LogP contribution in [0.15, 0.2) is 24.3 Å². The second kappa shape index (κ2) is 10.9. The van der Waals surface area contributed by atoms with Gasteiger partial charge in [-0.05, 0) is 44.0 Å². The van der Waals surface area contributed by atoms with Crippen LogP contribution in [0, 0.1) is 0 Å². The maximum Gasteiger partial charge on any atom is 0.319 e. The highest BCUT2D eigenvalue weighted by Gasteiger charge is 2.22. The van der Waals surface area contributed by atoms with E-state index in [1.54, 1.807) is 0 Å². The molecule has 0 saturated carbocycles. The normalized spacial score (nSPS) is 16.7. The molecule has 2 rings (SSSR count). The standard InChI is InChI=1S/C18H28N4O2.ClH/c1-3-10-20-18(24)21-15-8-6-14(7-9-15)12-17(23)22-11-4-5-16(13-22)19-2;/h6-9,16,19H,3-5,10-13H2,1-2H3,(H2,20,21,24);1H. The van der Waals surface area contributed by atoms with Gasteiger partial charge in [-0.25, -0.2) is 4.79 Å². The second-order valence-electron chi connectivity index (χ2n) is 6.22. The number of rotatable bonds is 6. The molecule has 1 atom stereocenters. The van der Waals surface area contributed by atoms with Crippen LogP contribution in [0.3, 0.4) is 0 Å². The summed E-state index contributed by atoms with van der Waals surface area (Å²) < 4.78 is 0. The number of amides is 3. The molecule has 0 radical (unpaired) electrons. The maximum atomic E-state index is 12.4. The van der Waals surface area contributed by atoms with Crippen molar-refractivity contribution in [3.05, 3.63) is 29.8 Å². The van der Waals surface area contributed by atoms with Crippen LogP contribution < -0.4 is 16.0 Å². The van der Waals surface area contributed by atoms with E-state index >= 15 is 0 Å². The molecule has 7 heteroatoms. The Kier molecular flexibility index (Phi) is 9.31. The molecule has 3 N–H and O–H groups in total. The smallest absolute Gasteiger partial charge is 0.319 e. The number of anilines is 1. The average Bonchev–Trinajstić information content (AvgIpc) is 2.61. The predicted molar refractivity (Wildman–Crippen MR) is 103 cm³/mol. The zero-order valence-corrected chi connectivity index (χ0v) is 15.8. The molecule has 1 fully saturated rings. The number of carbonyl (C=O) groups is 2. The third-order valence-electron chi connectivity index (χ3n) is 4.29. The van der Waals surface area contributed by atoms with E-state index in [1.165, 1.54) is 0 Å². The van der Waals surface area contributed by atoms with Crippen molar-refractivity contribution in [2.24, 2.45) is 0 Å². The van der Waals surface area contributed by atoms with Crippen molar-refractivity contribution in [2.45, 2.75) is 38.6 Å². The molecular weight excluding hydrogens is 340 g/mol. The van der Waals surface area contributed by atoms with Gasteiger partial charge in [-0.2, -0.15) is 0 Å². The number of urea groups is 1. The van der Waals surface area contributed by atoms with Crippen LogP contribution in [0.2, 0.25) is 0 Å². The lowest BCUT2D eigenvalue weighted by Gasteiger charge is -2.32. The van der Waals surface area contributed by atoms with E-state index in [-0.39, 0.29) is 24.3 Å². The number of nitrogens with zero attached hydrogens (tertiary/aromatic N) is 1. The molecule has 25 heavy (non-hydrogen) atoms. The summed E-state index contributed by atoms with van der Waals surface area (Å²) in [5, 5.41) is 8.80. The Morgan fingerprint density at radius 3 is 2.60 bits per heavy atom. The number of hydrogen-bond acceptors (Lipinski definition) is 3. The number of likely N-dealkylation sites (N-methyl/N-ethyl adjacent to an activating group) is 1. The lowest BCUT2D eigenvalue weighted by molar-refractivity contribution is -0.131. The Morgan fingerprint density at radius 2 is 1.96 bits per heavy atom. The number of carbonyl (C=O) groups excluding carboxylic acids is 2. The van der Waals surface area contributed by atoms with E-state index in [1.807, 2.05) is 43.1 Å². The van der Waals surface area contributed by atoms with Gasteiger partial charge >= 0.3 is 6.03 Å². The fourth-order valence-electron chi connectivity index (χ4n) is 2.85. The molecule has 6 nitrogen and oxygen atoms in total. The van der Waals surface area contributed by atoms with Crippen molar-refractivity contribution >= 4 is 30.0 Å². The summed E-state index contributed by atoms with van der Waals surface area (Å²) in [4.78, 5) is 26.0. The van der Waals surface area contributed by atoms with E-state index in [4.69, 9.17) is 0 Å². The fraction of sp³-hybridized carbons (Fsp3) is 0.556. The monoisotopic (exact) mass is 368 g/mol. The van der Waals surface area contributed by atoms with Crippen LogP contribution in [-0.4, -0.2) is 49.6 Å². The molecular formula is C18H29ClN4O2. The molecule has 0 bridgehead atoms. The number of likely N-dealkylation sites (tertiary alicyclic amines) is 1. The van der Waals surface area contributed by atoms with Gasteiger partial charge in [-0.15, -0.1) is 12.4 Å². The van der Waals surface area contributed by atoms with E-state index in [2.05, 4.69) is 16.0 Å². The molecule has 0 aliphatic carbocycles. The van der Waals surface area contributed by atoms with Crippen LogP contribution in [0.25, 0.3) is 0 Å². The van der Waals surface area contributed by atoms with Gasteiger partial charge in [-0.3, -0.25) is 4.79 Å². The first-order valence-electron chi connectivity index (χ1n) is 8.71. The zero-order valence-electron chi connectivity index (χ0n) is 15.0. The van der Waals surface area contributed by atoms with Crippen LogP contribution in [-0.2, 0) is 11.2 Å². The van der Waals surface area contributed by atoms with E-state index in [0.29, 0.717) is 19.0 Å². The van der Waals surface area contributed by atoms with Gasteiger partial charge in [0.25, 0.3) is 0 Å². The topological polar surface area (TPSA) is 73.5 Å². The lowest BCUT2D eigenvalue weighted by Crippen LogP contribution is -2.47. The Bertz CT molecular complexity index is 551. The van der Waals surface area contributed by atoms with Crippen molar-refractivity contribution in [2.75, 3.05) is 32.0 Å². The van der Waals surface area contributed by atoms with E-state index < -0.39 is 0 Å². The van der Waals surface area contributed by atoms with Crippen molar-refractivity contribution in [1.82, 2.24) is 15.5 Å². The van der Waals surface area contributed by atoms with Gasteiger partial charge in [0.2, 0.25) is 5.91 Å². The molecule has 1 aromatic carbocycles. The molecule has 1 saturated heterocycles. The fourth-order valence-corrected chi connectivity index (χ4v) is 2.85. The number of hydrogen-bond donors (Lipinski definition) is 3. The van der Waals surface area contributed by atoms with Gasteiger partial charge in [0, 0.05) is 31.4 Å². The Balaban J connectivity index is 0.00000312. The highest BCUT2D eigenvalue weighted by atomic mass is 35.5. The van der Waals surface area contributed by atoms with Gasteiger partial charge in [0.1, 0.15) is 0 Å². The number of nitrogens with one attached hydrogen (secondary N) is 3. The molecule has 0 spiro atoms. The third-order valence-corrected chi connectivity index (χ3v) is 4.29. The summed E-state index contributed by atoms with van der Waals surface area (Å²) >= 11 is 0. The highest BCUT2D eigenvalue weighted by molar-refractivity contribution is 5.89. The number of halogens is 1. The van der Waals surface area contributed by atoms with Gasteiger partial charge in [-0.1, -0.05) is 19.1 Å². The molecule has 1 aliphatic heterocycles. The van der Waals surface area contributed by atoms with Gasteiger partial charge in [0.05, 0.1) is 6.42 Å². The first-order valence-corrected chi connectivity index (χ1v) is 8.71. The van der Waals surface area contributed by atoms with Crippen LogP contribution >= 0.6 is 12.4 Å². The zero-order chi connectivity index (χ0) is 17.4. The molecule has 140 valence electrons. The highest BCUT2D eigenvalue weighted by Crippen LogP contribution is 2.14. The first kappa shape index (κ1) is 21.3. The summed E-state index contributed by atoms with van der Waals surface area (Å²) in [6.07, 6.45) is 3.48. The Labute approximate surface area is 156 Å². The van der Waals surface area contributed by atoms with Crippen LogP contribution in [0.4, 0.5) is 10.5 Å². The summed E-state index contributed by atoms with van der Waals surface area (Å²) in [6, 6.07) is 7.66. The largest absolute Gasteiger partial charge is 0.341 e. The summed E-state index contributed by atoms with van der Waals surface area (Å²) in [7, 11) is 1.95. The van der Waals surface area contributed by atoms with E-state index in [0.717, 1.165) is 43.6 Å². The average molecular weight is 369 g/mol. The minimum Gasteiger partial charge on any atom is -0.341 e. The number of piperidine rings is 1.